The van der Waals surface area contributed by atoms with E-state index in [1.807, 2.05) is 12.1 Å². The minimum absolute atomic E-state index is 0.110. The number of rotatable bonds is 7. The first-order valence-corrected chi connectivity index (χ1v) is 14.7. The molecular weight excluding hydrogens is 602 g/mol. The summed E-state index contributed by atoms with van der Waals surface area (Å²) in [6.07, 6.45) is 0.787. The maximum absolute atomic E-state index is 15.5. The van der Waals surface area contributed by atoms with Crippen LogP contribution in [0.2, 0.25) is 5.02 Å². The van der Waals surface area contributed by atoms with Gasteiger partial charge in [-0.1, -0.05) is 48.0 Å². The van der Waals surface area contributed by atoms with Crippen molar-refractivity contribution in [3.05, 3.63) is 95.4 Å². The molecule has 2 N–H and O–H groups in total. The number of anilines is 1. The van der Waals surface area contributed by atoms with Crippen LogP contribution in [0.15, 0.2) is 73.1 Å². The van der Waals surface area contributed by atoms with Gasteiger partial charge in [-0.2, -0.15) is 5.10 Å². The number of aryl methyl sites for hydroxylation is 1. The Hall–Kier alpha value is -4.74. The standard InChI is InChI=1S/C33H29ClF2N6O3/c1-18(43)32-25-12-20(21-14-37-19(2)38-15-21)10-11-28(25)42(40-32)17-30(44)41-16-22(35)13-29(41)33(45)39-27-9-5-7-24(31(27)36)23-6-3-4-8-26(23)34/h3-12,14-15,18,22,29,43H,13,16-17H2,1-2H3,(H,39,45)/t18?,22-,29+/m1/s1. The number of nitrogens with zero attached hydrogens (tertiary/aromatic N) is 5. The molecule has 9 nitrogen and oxygen atoms in total. The van der Waals surface area contributed by atoms with Crippen molar-refractivity contribution in [3.8, 4) is 22.3 Å². The van der Waals surface area contributed by atoms with E-state index in [2.05, 4.69) is 20.4 Å². The largest absolute Gasteiger partial charge is 0.387 e. The monoisotopic (exact) mass is 630 g/mol. The van der Waals surface area contributed by atoms with Crippen molar-refractivity contribution in [3.63, 3.8) is 0 Å². The zero-order valence-electron chi connectivity index (χ0n) is 24.4. The molecule has 3 aromatic carbocycles. The number of aromatic nitrogens is 4. The van der Waals surface area contributed by atoms with E-state index < -0.39 is 35.9 Å². The molecule has 45 heavy (non-hydrogen) atoms. The topological polar surface area (TPSA) is 113 Å². The summed E-state index contributed by atoms with van der Waals surface area (Å²) in [6.45, 7) is 2.77. The number of nitrogens with one attached hydrogen (secondary N) is 1. The summed E-state index contributed by atoms with van der Waals surface area (Å²) in [4.78, 5) is 36.6. The lowest BCUT2D eigenvalue weighted by atomic mass is 10.0. The minimum Gasteiger partial charge on any atom is -0.387 e. The first-order chi connectivity index (χ1) is 21.6. The molecule has 1 unspecified atom stereocenters. The lowest BCUT2D eigenvalue weighted by molar-refractivity contribution is -0.137. The molecule has 3 atom stereocenters. The van der Waals surface area contributed by atoms with Gasteiger partial charge in [0.15, 0.2) is 5.82 Å². The second-order valence-electron chi connectivity index (χ2n) is 11.0. The number of hydrogen-bond acceptors (Lipinski definition) is 6. The van der Waals surface area contributed by atoms with Crippen molar-refractivity contribution in [1.82, 2.24) is 24.6 Å². The van der Waals surface area contributed by atoms with Gasteiger partial charge in [0.2, 0.25) is 11.8 Å². The maximum Gasteiger partial charge on any atom is 0.247 e. The molecule has 3 heterocycles. The molecule has 6 rings (SSSR count). The first-order valence-electron chi connectivity index (χ1n) is 14.4. The van der Waals surface area contributed by atoms with Gasteiger partial charge in [-0.3, -0.25) is 14.3 Å². The molecule has 2 aromatic heterocycles. The van der Waals surface area contributed by atoms with Gasteiger partial charge < -0.3 is 15.3 Å². The molecule has 2 amide bonds. The fourth-order valence-corrected chi connectivity index (χ4v) is 5.85. The number of carbonyl (C=O) groups excluding carboxylic acids is 2. The SMILES string of the molecule is Cc1ncc(-c2ccc3c(c2)c(C(C)O)nn3CC(=O)N2C[C@H](F)C[C@H]2C(=O)Nc2cccc(-c3ccccc3Cl)c2F)cn1. The summed E-state index contributed by atoms with van der Waals surface area (Å²) in [5, 5.41) is 18.5. The molecule has 0 aliphatic carbocycles. The molecule has 1 fully saturated rings. The number of alkyl halides is 1. The number of amides is 2. The summed E-state index contributed by atoms with van der Waals surface area (Å²) in [5.41, 5.74) is 3.05. The second-order valence-corrected chi connectivity index (χ2v) is 11.4. The predicted octanol–water partition coefficient (Wildman–Crippen LogP) is 5.89. The molecule has 0 radical (unpaired) electrons. The third-order valence-electron chi connectivity index (χ3n) is 7.87. The van der Waals surface area contributed by atoms with Crippen molar-refractivity contribution >= 4 is 40.0 Å². The Bertz CT molecular complexity index is 1910. The van der Waals surface area contributed by atoms with Gasteiger partial charge in [-0.15, -0.1) is 0 Å². The highest BCUT2D eigenvalue weighted by atomic mass is 35.5. The van der Waals surface area contributed by atoms with Crippen molar-refractivity contribution in [2.24, 2.45) is 0 Å². The molecule has 1 saturated heterocycles. The fraction of sp³-hybridized carbons (Fsp3) is 0.242. The van der Waals surface area contributed by atoms with E-state index in [-0.39, 0.29) is 30.8 Å². The molecule has 0 spiro atoms. The molecular formula is C33H29ClF2N6O3. The van der Waals surface area contributed by atoms with Gasteiger partial charge in [0.05, 0.1) is 29.5 Å². The van der Waals surface area contributed by atoms with Crippen molar-refractivity contribution < 1.29 is 23.5 Å². The van der Waals surface area contributed by atoms with E-state index in [1.165, 1.54) is 10.7 Å². The Morgan fingerprint density at radius 2 is 1.80 bits per heavy atom. The van der Waals surface area contributed by atoms with Crippen LogP contribution in [0.5, 0.6) is 0 Å². The summed E-state index contributed by atoms with van der Waals surface area (Å²) >= 11 is 6.26. The third-order valence-corrected chi connectivity index (χ3v) is 8.20. The molecule has 12 heteroatoms. The Balaban J connectivity index is 1.24. The number of likely N-dealkylation sites (tertiary alicyclic amines) is 1. The fourth-order valence-electron chi connectivity index (χ4n) is 5.61. The zero-order chi connectivity index (χ0) is 31.8. The Labute approximate surface area is 262 Å². The van der Waals surface area contributed by atoms with Crippen molar-refractivity contribution in [2.75, 3.05) is 11.9 Å². The highest BCUT2D eigenvalue weighted by Gasteiger charge is 2.40. The Morgan fingerprint density at radius 3 is 2.53 bits per heavy atom. The smallest absolute Gasteiger partial charge is 0.247 e. The van der Waals surface area contributed by atoms with Crippen LogP contribution in [0, 0.1) is 12.7 Å². The van der Waals surface area contributed by atoms with Crippen LogP contribution >= 0.6 is 11.6 Å². The van der Waals surface area contributed by atoms with Gasteiger partial charge in [0.25, 0.3) is 0 Å². The summed E-state index contributed by atoms with van der Waals surface area (Å²) in [5.74, 6) is -1.32. The van der Waals surface area contributed by atoms with Gasteiger partial charge >= 0.3 is 0 Å². The lowest BCUT2D eigenvalue weighted by Gasteiger charge is -2.24. The number of aliphatic hydroxyl groups excluding tert-OH is 1. The number of halogens is 3. The predicted molar refractivity (Wildman–Crippen MR) is 167 cm³/mol. The van der Waals surface area contributed by atoms with Crippen LogP contribution in [0.25, 0.3) is 33.2 Å². The van der Waals surface area contributed by atoms with Crippen LogP contribution < -0.4 is 5.32 Å². The number of fused-ring (bicyclic) bond motifs is 1. The highest BCUT2D eigenvalue weighted by Crippen LogP contribution is 2.34. The number of aliphatic hydroxyl groups is 1. The van der Waals surface area contributed by atoms with Gasteiger partial charge in [-0.05, 0) is 43.7 Å². The van der Waals surface area contributed by atoms with Gasteiger partial charge in [0, 0.05) is 45.9 Å². The van der Waals surface area contributed by atoms with Crippen LogP contribution in [0.3, 0.4) is 0 Å². The van der Waals surface area contributed by atoms with E-state index in [4.69, 9.17) is 11.6 Å². The summed E-state index contributed by atoms with van der Waals surface area (Å²) in [7, 11) is 0. The normalized spacial score (nSPS) is 17.1. The van der Waals surface area contributed by atoms with Crippen LogP contribution in [0.4, 0.5) is 14.5 Å². The summed E-state index contributed by atoms with van der Waals surface area (Å²) < 4.78 is 31.6. The first kappa shape index (κ1) is 30.3. The Morgan fingerprint density at radius 1 is 1.07 bits per heavy atom. The van der Waals surface area contributed by atoms with Crippen LogP contribution in [-0.4, -0.2) is 60.3 Å². The highest BCUT2D eigenvalue weighted by molar-refractivity contribution is 6.33. The minimum atomic E-state index is -1.44. The number of hydrogen-bond donors (Lipinski definition) is 2. The van der Waals surface area contributed by atoms with E-state index in [1.54, 1.807) is 68.7 Å². The van der Waals surface area contributed by atoms with E-state index in [9.17, 15) is 19.1 Å². The van der Waals surface area contributed by atoms with E-state index in [0.29, 0.717) is 33.0 Å². The Kier molecular flexibility index (Phi) is 8.30. The van der Waals surface area contributed by atoms with Crippen molar-refractivity contribution in [2.45, 2.75) is 45.1 Å². The third kappa shape index (κ3) is 6.01. The average Bonchev–Trinajstić information content (AvgIpc) is 3.59. The zero-order valence-corrected chi connectivity index (χ0v) is 25.2. The van der Waals surface area contributed by atoms with Crippen LogP contribution in [0.1, 0.15) is 31.0 Å². The maximum atomic E-state index is 15.5. The van der Waals surface area contributed by atoms with E-state index in [0.717, 1.165) is 16.0 Å². The second kappa shape index (κ2) is 12.3. The molecule has 0 bridgehead atoms. The summed E-state index contributed by atoms with van der Waals surface area (Å²) in [6, 6.07) is 15.5. The van der Waals surface area contributed by atoms with Crippen LogP contribution in [-0.2, 0) is 16.1 Å². The molecule has 5 aromatic rings. The number of benzene rings is 3. The van der Waals surface area contributed by atoms with Gasteiger partial charge in [-0.25, -0.2) is 18.7 Å². The molecule has 1 aliphatic rings. The van der Waals surface area contributed by atoms with E-state index >= 15 is 4.39 Å². The molecule has 1 aliphatic heterocycles. The molecule has 230 valence electrons. The quantitative estimate of drug-likeness (QED) is 0.232. The average molecular weight is 631 g/mol. The lowest BCUT2D eigenvalue weighted by Crippen LogP contribution is -2.44. The van der Waals surface area contributed by atoms with Crippen molar-refractivity contribution in [1.29, 1.82) is 0 Å². The molecule has 0 saturated carbocycles. The number of carbonyl (C=O) groups is 2. The van der Waals surface area contributed by atoms with Gasteiger partial charge in [0.1, 0.15) is 24.6 Å².